The van der Waals surface area contributed by atoms with Crippen LogP contribution in [0.4, 0.5) is 0 Å². The molecule has 0 aromatic heterocycles. The van der Waals surface area contributed by atoms with E-state index in [2.05, 4.69) is 47.5 Å². The zero-order valence-corrected chi connectivity index (χ0v) is 30.3. The summed E-state index contributed by atoms with van der Waals surface area (Å²) in [6, 6.07) is 0.518. The molecule has 9 N–H and O–H groups in total. The molecule has 1 aromatic carbocycles. The lowest BCUT2D eigenvalue weighted by molar-refractivity contribution is -0.146. The minimum absolute atomic E-state index is 0.0231. The van der Waals surface area contributed by atoms with Crippen LogP contribution in [0.25, 0.3) is 0 Å². The van der Waals surface area contributed by atoms with Crippen molar-refractivity contribution in [2.24, 2.45) is 28.3 Å². The van der Waals surface area contributed by atoms with Gasteiger partial charge in [0.05, 0.1) is 15.0 Å². The Morgan fingerprint density at radius 1 is 1.15 bits per heavy atom. The number of rotatable bonds is 15. The summed E-state index contributed by atoms with van der Waals surface area (Å²) in [5.41, 5.74) is 11.2. The molecule has 7 atom stereocenters. The number of aliphatic hydroxyl groups is 1. The number of halogens is 2. The van der Waals surface area contributed by atoms with Crippen molar-refractivity contribution < 1.29 is 41.8 Å². The molecule has 3 amide bonds. The molecule has 1 saturated heterocycles. The van der Waals surface area contributed by atoms with E-state index in [-0.39, 0.29) is 36.4 Å². The van der Waals surface area contributed by atoms with Crippen LogP contribution in [0.15, 0.2) is 26.1 Å². The number of carbonyl (C=O) groups is 3. The molecule has 1 aliphatic heterocycles. The Bertz CT molecular complexity index is 1410. The second-order valence-corrected chi connectivity index (χ2v) is 14.8. The van der Waals surface area contributed by atoms with Crippen molar-refractivity contribution in [1.82, 2.24) is 15.5 Å². The molecule has 2 fully saturated rings. The van der Waals surface area contributed by atoms with Crippen LogP contribution in [0.2, 0.25) is 0 Å². The Kier molecular flexibility index (Phi) is 14.3. The van der Waals surface area contributed by atoms with Gasteiger partial charge in [-0.15, -0.1) is 0 Å². The smallest absolute Gasteiger partial charge is 0.397 e. The summed E-state index contributed by atoms with van der Waals surface area (Å²) in [6.07, 6.45) is 0.278. The first-order chi connectivity index (χ1) is 22.0. The second kappa shape index (κ2) is 17.2. The van der Waals surface area contributed by atoms with E-state index >= 15 is 0 Å². The number of fused-ring (bicyclic) bond motifs is 1. The number of nitrogens with two attached hydrogens (primary N) is 2. The number of amides is 3. The zero-order chi connectivity index (χ0) is 35.1. The summed E-state index contributed by atoms with van der Waals surface area (Å²) in [5, 5.41) is 26.4. The van der Waals surface area contributed by atoms with Gasteiger partial charge in [0.1, 0.15) is 23.9 Å². The first-order valence-corrected chi connectivity index (χ1v) is 18.4. The Morgan fingerprint density at radius 2 is 1.81 bits per heavy atom. The van der Waals surface area contributed by atoms with Gasteiger partial charge in [-0.2, -0.15) is 8.42 Å². The van der Waals surface area contributed by atoms with Crippen LogP contribution in [0.3, 0.4) is 0 Å². The van der Waals surface area contributed by atoms with Gasteiger partial charge in [-0.25, -0.2) is 4.18 Å². The highest BCUT2D eigenvalue weighted by atomic mass is 79.9. The molecule has 264 valence electrons. The summed E-state index contributed by atoms with van der Waals surface area (Å²) in [4.78, 5) is 46.6. The number of aromatic hydroxyl groups is 1. The van der Waals surface area contributed by atoms with Crippen LogP contribution in [-0.2, 0) is 35.4 Å². The Balaban J connectivity index is 1.83. The third-order valence-corrected chi connectivity index (χ3v) is 10.4. The van der Waals surface area contributed by atoms with Crippen molar-refractivity contribution in [2.45, 2.75) is 95.5 Å². The third-order valence-electron chi connectivity index (χ3n) is 8.71. The maximum Gasteiger partial charge on any atom is 0.397 e. The number of phenols is 1. The SMILES string of the molecule is CCC(C)C(NC(=O)C(O)Cc1cc(Br)c(O)c(Br)c1)C(=O)N1C(C(=O)NCCCCN=C(N)N)CC2CCC(OS(=O)(=O)O)CC21. The van der Waals surface area contributed by atoms with E-state index in [1.165, 1.54) is 4.90 Å². The molecule has 0 spiro atoms. The summed E-state index contributed by atoms with van der Waals surface area (Å²) in [7, 11) is -4.75. The topological polar surface area (TPSA) is 247 Å². The normalized spacial score (nSPS) is 22.9. The average molecular weight is 813 g/mol. The molecule has 2 aliphatic rings. The fraction of sp³-hybridized carbons (Fsp3) is 0.655. The molecule has 15 nitrogen and oxygen atoms in total. The van der Waals surface area contributed by atoms with Gasteiger partial charge in [0.25, 0.3) is 0 Å². The van der Waals surface area contributed by atoms with Crippen LogP contribution >= 0.6 is 31.9 Å². The average Bonchev–Trinajstić information content (AvgIpc) is 3.37. The first-order valence-electron chi connectivity index (χ1n) is 15.5. The number of unbranched alkanes of at least 4 members (excludes halogenated alkanes) is 1. The molecular formula is C29H44Br2N6O9S. The van der Waals surface area contributed by atoms with Gasteiger partial charge in [-0.05, 0) is 99.9 Å². The highest BCUT2D eigenvalue weighted by molar-refractivity contribution is 9.11. The predicted molar refractivity (Wildman–Crippen MR) is 180 cm³/mol. The van der Waals surface area contributed by atoms with Gasteiger partial charge < -0.3 is 37.2 Å². The lowest BCUT2D eigenvalue weighted by Gasteiger charge is -2.39. The standard InChI is InChI=1S/C29H44Br2N6O9S/c1-3-15(2)24(36-27(41)23(38)12-16-10-19(30)25(39)20(31)11-16)28(42)37-21-14-18(46-47(43,44)45)7-6-17(21)13-22(37)26(40)34-8-4-5-9-35-29(32)33/h10-11,15,17-18,21-24,38-39H,3-9,12-14H2,1-2H3,(H,34,40)(H,36,41)(H4,32,33,35)(H,43,44,45). The molecule has 1 aliphatic carbocycles. The Hall–Kier alpha value is -2.51. The van der Waals surface area contributed by atoms with Crippen LogP contribution in [0.5, 0.6) is 5.75 Å². The number of hydrogen-bond acceptors (Lipinski definition) is 9. The fourth-order valence-corrected chi connectivity index (χ4v) is 7.95. The molecule has 1 aromatic rings. The molecule has 3 rings (SSSR count). The van der Waals surface area contributed by atoms with Gasteiger partial charge in [-0.3, -0.25) is 23.9 Å². The number of nitrogens with one attached hydrogen (secondary N) is 2. The minimum atomic E-state index is -4.75. The monoisotopic (exact) mass is 810 g/mol. The number of nitrogens with zero attached hydrogens (tertiary/aromatic N) is 2. The molecule has 0 radical (unpaired) electrons. The fourth-order valence-electron chi connectivity index (χ4n) is 6.15. The maximum absolute atomic E-state index is 14.4. The van der Waals surface area contributed by atoms with Crippen molar-refractivity contribution in [1.29, 1.82) is 0 Å². The lowest BCUT2D eigenvalue weighted by atomic mass is 9.83. The number of guanidine groups is 1. The van der Waals surface area contributed by atoms with Crippen molar-refractivity contribution in [3.63, 3.8) is 0 Å². The van der Waals surface area contributed by atoms with Crippen LogP contribution in [0.1, 0.15) is 64.4 Å². The predicted octanol–water partition coefficient (Wildman–Crippen LogP) is 1.48. The van der Waals surface area contributed by atoms with Crippen molar-refractivity contribution in [3.05, 3.63) is 26.6 Å². The Labute approximate surface area is 291 Å². The van der Waals surface area contributed by atoms with Gasteiger partial charge in [-0.1, -0.05) is 20.3 Å². The van der Waals surface area contributed by atoms with Crippen molar-refractivity contribution >= 4 is 65.9 Å². The molecular weight excluding hydrogens is 768 g/mol. The molecule has 47 heavy (non-hydrogen) atoms. The molecule has 1 heterocycles. The summed E-state index contributed by atoms with van der Waals surface area (Å²) < 4.78 is 37.9. The quantitative estimate of drug-likeness (QED) is 0.0579. The number of aliphatic imine (C=N–C) groups is 1. The van der Waals surface area contributed by atoms with Crippen LogP contribution in [-0.4, -0.2) is 95.2 Å². The van der Waals surface area contributed by atoms with Gasteiger partial charge in [0.15, 0.2) is 5.96 Å². The number of benzene rings is 1. The number of aliphatic hydroxyl groups excluding tert-OH is 1. The van der Waals surface area contributed by atoms with E-state index < -0.39 is 58.5 Å². The maximum atomic E-state index is 14.4. The third kappa shape index (κ3) is 11.0. The van der Waals surface area contributed by atoms with Crippen molar-refractivity contribution in [2.75, 3.05) is 13.1 Å². The number of hydrogen-bond donors (Lipinski definition) is 7. The van der Waals surface area contributed by atoms with Gasteiger partial charge in [0, 0.05) is 25.6 Å². The van der Waals surface area contributed by atoms with Gasteiger partial charge >= 0.3 is 10.4 Å². The van der Waals surface area contributed by atoms with Crippen LogP contribution < -0.4 is 22.1 Å². The minimum Gasteiger partial charge on any atom is -0.506 e. The zero-order valence-electron chi connectivity index (χ0n) is 26.3. The number of phenolic OH excluding ortho intramolecular Hbond substituents is 1. The molecule has 0 bridgehead atoms. The summed E-state index contributed by atoms with van der Waals surface area (Å²) in [5.74, 6) is -2.33. The van der Waals surface area contributed by atoms with E-state index in [0.717, 1.165) is 0 Å². The highest BCUT2D eigenvalue weighted by Gasteiger charge is 2.51. The Morgan fingerprint density at radius 3 is 2.40 bits per heavy atom. The number of likely N-dealkylation sites (tertiary alicyclic amines) is 1. The lowest BCUT2D eigenvalue weighted by Crippen LogP contribution is -2.59. The highest BCUT2D eigenvalue weighted by Crippen LogP contribution is 2.42. The molecule has 1 saturated carbocycles. The van der Waals surface area contributed by atoms with Crippen LogP contribution in [0, 0.1) is 11.8 Å². The van der Waals surface area contributed by atoms with Gasteiger partial charge in [0.2, 0.25) is 17.7 Å². The molecule has 18 heteroatoms. The summed E-state index contributed by atoms with van der Waals surface area (Å²) in [6.45, 7) is 4.32. The van der Waals surface area contributed by atoms with E-state index in [1.54, 1.807) is 19.1 Å². The van der Waals surface area contributed by atoms with E-state index in [9.17, 15) is 37.6 Å². The first kappa shape index (κ1) is 38.9. The van der Waals surface area contributed by atoms with Crippen molar-refractivity contribution in [3.8, 4) is 5.75 Å². The summed E-state index contributed by atoms with van der Waals surface area (Å²) >= 11 is 6.46. The van der Waals surface area contributed by atoms with E-state index in [0.29, 0.717) is 66.1 Å². The second-order valence-electron chi connectivity index (χ2n) is 12.1. The van der Waals surface area contributed by atoms with E-state index in [4.69, 9.17) is 15.7 Å². The number of carbonyl (C=O) groups excluding carboxylic acids is 3. The van der Waals surface area contributed by atoms with E-state index in [1.807, 2.05) is 6.92 Å². The molecule has 7 unspecified atom stereocenters. The largest absolute Gasteiger partial charge is 0.506 e.